The number of hydrazone groups is 1. The van der Waals surface area contributed by atoms with Gasteiger partial charge in [-0.15, -0.1) is 0 Å². The van der Waals surface area contributed by atoms with Crippen molar-refractivity contribution in [3.8, 4) is 16.9 Å². The first kappa shape index (κ1) is 22.4. The van der Waals surface area contributed by atoms with Crippen LogP contribution in [0.2, 0.25) is 0 Å². The Bertz CT molecular complexity index is 1540. The van der Waals surface area contributed by atoms with Gasteiger partial charge < -0.3 is 14.1 Å². The van der Waals surface area contributed by atoms with Crippen LogP contribution in [0.25, 0.3) is 22.0 Å². The van der Waals surface area contributed by atoms with E-state index >= 15 is 0 Å². The lowest BCUT2D eigenvalue weighted by Gasteiger charge is -2.06. The van der Waals surface area contributed by atoms with Crippen LogP contribution in [0.5, 0.6) is 5.75 Å². The molecular formula is C27H18BrN3O4. The van der Waals surface area contributed by atoms with E-state index in [1.54, 1.807) is 30.3 Å². The molecule has 7 nitrogen and oxygen atoms in total. The summed E-state index contributed by atoms with van der Waals surface area (Å²) < 4.78 is 11.3. The molecule has 0 saturated heterocycles. The highest BCUT2D eigenvalue weighted by atomic mass is 79.9. The molecule has 0 fully saturated rings. The van der Waals surface area contributed by atoms with E-state index < -0.39 is 11.9 Å². The lowest BCUT2D eigenvalue weighted by molar-refractivity contribution is 0.0701. The van der Waals surface area contributed by atoms with Crippen molar-refractivity contribution in [3.05, 3.63) is 113 Å². The Balaban J connectivity index is 1.41. The number of rotatable bonds is 6. The van der Waals surface area contributed by atoms with Gasteiger partial charge in [0.15, 0.2) is 0 Å². The molecule has 0 aliphatic heterocycles. The molecule has 2 aromatic heterocycles. The SMILES string of the molecule is O=C(Oc1ccccc1C=NNC(=O)c1[nH]c2c(Br)cccc2c1-c1ccccc1)c1ccco1. The van der Waals surface area contributed by atoms with Crippen LogP contribution in [0.3, 0.4) is 0 Å². The topological polar surface area (TPSA) is 96.7 Å². The van der Waals surface area contributed by atoms with Gasteiger partial charge in [-0.05, 0) is 51.8 Å². The second-order valence-corrected chi connectivity index (χ2v) is 8.36. The van der Waals surface area contributed by atoms with Gasteiger partial charge in [-0.1, -0.05) is 54.6 Å². The van der Waals surface area contributed by atoms with Gasteiger partial charge in [0.05, 0.1) is 18.0 Å². The second kappa shape index (κ2) is 9.82. The van der Waals surface area contributed by atoms with Crippen molar-refractivity contribution in [3.63, 3.8) is 0 Å². The van der Waals surface area contributed by atoms with Gasteiger partial charge >= 0.3 is 5.97 Å². The van der Waals surface area contributed by atoms with Crippen molar-refractivity contribution in [2.45, 2.75) is 0 Å². The highest BCUT2D eigenvalue weighted by Gasteiger charge is 2.20. The van der Waals surface area contributed by atoms with Crippen LogP contribution in [0.15, 0.2) is 105 Å². The Labute approximate surface area is 208 Å². The summed E-state index contributed by atoms with van der Waals surface area (Å²) in [6, 6.07) is 25.4. The van der Waals surface area contributed by atoms with Gasteiger partial charge in [0.1, 0.15) is 11.4 Å². The highest BCUT2D eigenvalue weighted by molar-refractivity contribution is 9.10. The quantitative estimate of drug-likeness (QED) is 0.119. The number of esters is 1. The standard InChI is InChI=1S/C27H18BrN3O4/c28-20-12-6-11-19-23(17-8-2-1-3-9-17)25(30-24(19)20)26(32)31-29-16-18-10-4-5-13-21(18)35-27(33)22-14-7-15-34-22/h1-16,30H,(H,31,32). The van der Waals surface area contributed by atoms with E-state index in [0.29, 0.717) is 11.3 Å². The number of hydrogen-bond acceptors (Lipinski definition) is 5. The fourth-order valence-electron chi connectivity index (χ4n) is 3.70. The number of para-hydroxylation sites is 2. The number of halogens is 1. The molecule has 0 unspecified atom stereocenters. The van der Waals surface area contributed by atoms with E-state index in [1.165, 1.54) is 18.5 Å². The minimum absolute atomic E-state index is 0.0865. The zero-order chi connectivity index (χ0) is 24.2. The van der Waals surface area contributed by atoms with Crippen LogP contribution in [0.4, 0.5) is 0 Å². The average Bonchev–Trinajstić information content (AvgIpc) is 3.55. The predicted octanol–water partition coefficient (Wildman–Crippen LogP) is 6.17. The fraction of sp³-hybridized carbons (Fsp3) is 0. The van der Waals surface area contributed by atoms with Crippen LogP contribution in [-0.4, -0.2) is 23.1 Å². The summed E-state index contributed by atoms with van der Waals surface area (Å²) in [5.74, 6) is -0.667. The molecule has 1 amide bonds. The van der Waals surface area contributed by atoms with E-state index in [0.717, 1.165) is 26.5 Å². The largest absolute Gasteiger partial charge is 0.457 e. The number of aromatic amines is 1. The molecule has 0 aliphatic carbocycles. The van der Waals surface area contributed by atoms with Gasteiger partial charge in [-0.2, -0.15) is 5.10 Å². The van der Waals surface area contributed by atoms with Gasteiger partial charge in [-0.25, -0.2) is 10.2 Å². The van der Waals surface area contributed by atoms with Crippen molar-refractivity contribution < 1.29 is 18.7 Å². The van der Waals surface area contributed by atoms with Gasteiger partial charge in [0, 0.05) is 21.0 Å². The monoisotopic (exact) mass is 527 g/mol. The lowest BCUT2D eigenvalue weighted by Crippen LogP contribution is -2.19. The molecule has 0 aliphatic rings. The third kappa shape index (κ3) is 4.64. The molecule has 8 heteroatoms. The normalized spacial score (nSPS) is 11.1. The summed E-state index contributed by atoms with van der Waals surface area (Å²) in [6.45, 7) is 0. The molecule has 0 saturated carbocycles. The molecule has 0 atom stereocenters. The first-order valence-corrected chi connectivity index (χ1v) is 11.4. The molecule has 5 rings (SSSR count). The molecule has 5 aromatic rings. The van der Waals surface area contributed by atoms with Crippen molar-refractivity contribution >= 4 is 44.9 Å². The number of carbonyl (C=O) groups is 2. The Morgan fingerprint density at radius 2 is 1.74 bits per heavy atom. The number of benzene rings is 3. The average molecular weight is 528 g/mol. The zero-order valence-electron chi connectivity index (χ0n) is 18.2. The molecular weight excluding hydrogens is 510 g/mol. The van der Waals surface area contributed by atoms with Crippen molar-refractivity contribution in [2.75, 3.05) is 0 Å². The first-order chi connectivity index (χ1) is 17.1. The van der Waals surface area contributed by atoms with Crippen LogP contribution in [0.1, 0.15) is 26.6 Å². The molecule has 0 radical (unpaired) electrons. The summed E-state index contributed by atoms with van der Waals surface area (Å²) in [5, 5.41) is 5.02. The number of nitrogens with one attached hydrogen (secondary N) is 2. The minimum Gasteiger partial charge on any atom is -0.457 e. The number of aromatic nitrogens is 1. The molecule has 0 bridgehead atoms. The number of amides is 1. The van der Waals surface area contributed by atoms with Crippen LogP contribution in [0, 0.1) is 0 Å². The maximum atomic E-state index is 13.2. The molecule has 0 spiro atoms. The van der Waals surface area contributed by atoms with E-state index in [-0.39, 0.29) is 11.5 Å². The Hall–Kier alpha value is -4.43. The Kier molecular flexibility index (Phi) is 6.28. The fourth-order valence-corrected chi connectivity index (χ4v) is 4.16. The number of ether oxygens (including phenoxy) is 1. The number of hydrogen-bond donors (Lipinski definition) is 2. The number of carbonyl (C=O) groups excluding carboxylic acids is 2. The van der Waals surface area contributed by atoms with Crippen molar-refractivity contribution in [1.29, 1.82) is 0 Å². The third-order valence-corrected chi connectivity index (χ3v) is 5.95. The van der Waals surface area contributed by atoms with Crippen LogP contribution in [-0.2, 0) is 0 Å². The van der Waals surface area contributed by atoms with E-state index in [9.17, 15) is 9.59 Å². The Morgan fingerprint density at radius 1 is 0.943 bits per heavy atom. The molecule has 172 valence electrons. The van der Waals surface area contributed by atoms with E-state index in [1.807, 2.05) is 48.5 Å². The molecule has 35 heavy (non-hydrogen) atoms. The molecule has 3 aromatic carbocycles. The predicted molar refractivity (Wildman–Crippen MR) is 137 cm³/mol. The van der Waals surface area contributed by atoms with Crippen molar-refractivity contribution in [2.24, 2.45) is 5.10 Å². The number of nitrogens with zero attached hydrogens (tertiary/aromatic N) is 1. The van der Waals surface area contributed by atoms with Gasteiger partial charge in [0.2, 0.25) is 5.76 Å². The molecule has 2 N–H and O–H groups in total. The lowest BCUT2D eigenvalue weighted by atomic mass is 10.0. The summed E-state index contributed by atoms with van der Waals surface area (Å²) >= 11 is 3.55. The summed E-state index contributed by atoms with van der Waals surface area (Å²) in [4.78, 5) is 28.6. The van der Waals surface area contributed by atoms with Gasteiger partial charge in [0.25, 0.3) is 5.91 Å². The zero-order valence-corrected chi connectivity index (χ0v) is 19.8. The van der Waals surface area contributed by atoms with Crippen LogP contribution >= 0.6 is 15.9 Å². The van der Waals surface area contributed by atoms with E-state index in [2.05, 4.69) is 31.4 Å². The first-order valence-electron chi connectivity index (χ1n) is 10.7. The van der Waals surface area contributed by atoms with Crippen molar-refractivity contribution in [1.82, 2.24) is 10.4 Å². The summed E-state index contributed by atoms with van der Waals surface area (Å²) in [7, 11) is 0. The summed E-state index contributed by atoms with van der Waals surface area (Å²) in [6.07, 6.45) is 2.81. The molecule has 2 heterocycles. The van der Waals surface area contributed by atoms with Crippen LogP contribution < -0.4 is 10.2 Å². The Morgan fingerprint density at radius 3 is 2.54 bits per heavy atom. The summed E-state index contributed by atoms with van der Waals surface area (Å²) in [5.41, 5.74) is 5.96. The minimum atomic E-state index is -0.629. The number of fused-ring (bicyclic) bond motifs is 1. The third-order valence-electron chi connectivity index (χ3n) is 5.29. The van der Waals surface area contributed by atoms with Gasteiger partial charge in [-0.3, -0.25) is 4.79 Å². The highest BCUT2D eigenvalue weighted by Crippen LogP contribution is 2.35. The smallest absolute Gasteiger partial charge is 0.379 e. The maximum absolute atomic E-state index is 13.2. The maximum Gasteiger partial charge on any atom is 0.379 e. The number of H-pyrrole nitrogens is 1. The number of furan rings is 1. The van der Waals surface area contributed by atoms with E-state index in [4.69, 9.17) is 9.15 Å². The second-order valence-electron chi connectivity index (χ2n) is 7.51.